The molecule has 3 fully saturated rings. The predicted molar refractivity (Wildman–Crippen MR) is 122 cm³/mol. The van der Waals surface area contributed by atoms with Crippen molar-refractivity contribution < 1.29 is 4.79 Å². The Kier molecular flexibility index (Phi) is 6.14. The number of carbonyl (C=O) groups excluding carboxylic acids is 1. The van der Waals surface area contributed by atoms with Crippen LogP contribution in [0.15, 0.2) is 30.7 Å². The van der Waals surface area contributed by atoms with Crippen LogP contribution in [0.5, 0.6) is 0 Å². The summed E-state index contributed by atoms with van der Waals surface area (Å²) < 4.78 is 0. The van der Waals surface area contributed by atoms with E-state index < -0.39 is 0 Å². The molecule has 2 aromatic heterocycles. The van der Waals surface area contributed by atoms with Gasteiger partial charge in [-0.2, -0.15) is 0 Å². The van der Waals surface area contributed by atoms with E-state index in [9.17, 15) is 4.79 Å². The van der Waals surface area contributed by atoms with Crippen LogP contribution in [0, 0.1) is 5.92 Å². The number of piperidine rings is 1. The summed E-state index contributed by atoms with van der Waals surface area (Å²) in [5.41, 5.74) is 3.29. The van der Waals surface area contributed by atoms with E-state index in [1.54, 1.807) is 0 Å². The van der Waals surface area contributed by atoms with Gasteiger partial charge in [-0.25, -0.2) is 9.97 Å². The fraction of sp³-hybridized carbons (Fsp3) is 0.600. The lowest BCUT2D eigenvalue weighted by atomic mass is 9.86. The van der Waals surface area contributed by atoms with Gasteiger partial charge in [-0.1, -0.05) is 19.3 Å². The molecule has 2 aromatic rings. The Hall–Kier alpha value is -2.50. The number of anilines is 1. The van der Waals surface area contributed by atoms with Crippen LogP contribution in [-0.2, 0) is 4.79 Å². The highest BCUT2D eigenvalue weighted by Crippen LogP contribution is 2.35. The maximum Gasteiger partial charge on any atom is 0.225 e. The third kappa shape index (κ3) is 4.43. The highest BCUT2D eigenvalue weighted by atomic mass is 16.2. The molecule has 3 aliphatic rings. The molecule has 1 aliphatic carbocycles. The van der Waals surface area contributed by atoms with Gasteiger partial charge in [-0.05, 0) is 56.2 Å². The minimum atomic E-state index is 0.234. The van der Waals surface area contributed by atoms with Gasteiger partial charge in [0.25, 0.3) is 0 Å². The normalized spacial score (nSPS) is 22.6. The van der Waals surface area contributed by atoms with Crippen LogP contribution in [0.25, 0.3) is 11.1 Å². The molecule has 0 radical (unpaired) electrons. The van der Waals surface area contributed by atoms with Gasteiger partial charge >= 0.3 is 0 Å². The zero-order chi connectivity index (χ0) is 21.0. The van der Waals surface area contributed by atoms with Crippen molar-refractivity contribution in [1.82, 2.24) is 19.9 Å². The number of nitrogens with zero attached hydrogens (tertiary/aromatic N) is 5. The van der Waals surface area contributed by atoms with Gasteiger partial charge in [0.2, 0.25) is 11.9 Å². The summed E-state index contributed by atoms with van der Waals surface area (Å²) in [7, 11) is 0. The second kappa shape index (κ2) is 9.33. The van der Waals surface area contributed by atoms with Crippen molar-refractivity contribution in [2.45, 2.75) is 63.7 Å². The van der Waals surface area contributed by atoms with E-state index in [0.717, 1.165) is 74.6 Å². The fourth-order valence-electron chi connectivity index (χ4n) is 5.53. The van der Waals surface area contributed by atoms with Crippen molar-refractivity contribution >= 4 is 11.9 Å². The monoisotopic (exact) mass is 419 g/mol. The van der Waals surface area contributed by atoms with E-state index >= 15 is 0 Å². The van der Waals surface area contributed by atoms with Crippen molar-refractivity contribution in [2.24, 2.45) is 5.92 Å². The van der Waals surface area contributed by atoms with Gasteiger partial charge in [-0.15, -0.1) is 0 Å². The summed E-state index contributed by atoms with van der Waals surface area (Å²) >= 11 is 0. The molecule has 1 amide bonds. The van der Waals surface area contributed by atoms with Gasteiger partial charge < -0.3 is 9.80 Å². The summed E-state index contributed by atoms with van der Waals surface area (Å²) in [5, 5.41) is 0. The lowest BCUT2D eigenvalue weighted by molar-refractivity contribution is -0.137. The van der Waals surface area contributed by atoms with Crippen LogP contribution in [0.2, 0.25) is 0 Å². The minimum Gasteiger partial charge on any atom is -0.342 e. The van der Waals surface area contributed by atoms with E-state index in [1.807, 2.05) is 30.7 Å². The maximum absolute atomic E-state index is 13.2. The summed E-state index contributed by atoms with van der Waals surface area (Å²) in [6.45, 7) is 3.74. The number of pyridine rings is 1. The van der Waals surface area contributed by atoms with Gasteiger partial charge in [0, 0.05) is 62.2 Å². The number of hydrogen-bond acceptors (Lipinski definition) is 5. The Balaban J connectivity index is 1.43. The molecule has 0 unspecified atom stereocenters. The molecule has 4 heterocycles. The third-order valence-corrected chi connectivity index (χ3v) is 7.26. The number of amides is 1. The topological polar surface area (TPSA) is 62.2 Å². The molecule has 164 valence electrons. The summed E-state index contributed by atoms with van der Waals surface area (Å²) in [4.78, 5) is 31.7. The van der Waals surface area contributed by atoms with Crippen LogP contribution in [0.4, 0.5) is 5.95 Å². The van der Waals surface area contributed by atoms with Crippen LogP contribution in [0.1, 0.15) is 69.4 Å². The van der Waals surface area contributed by atoms with E-state index in [4.69, 9.17) is 9.97 Å². The quantitative estimate of drug-likeness (QED) is 0.734. The Labute approximate surface area is 185 Å². The SMILES string of the molecule is O=C(C1CCCCC1)N1CCC[C@H](c2nc(N3CCCC3)ncc2-c2ccncc2)C1. The lowest BCUT2D eigenvalue weighted by Crippen LogP contribution is -2.43. The van der Waals surface area contributed by atoms with Crippen molar-refractivity contribution in [2.75, 3.05) is 31.1 Å². The van der Waals surface area contributed by atoms with Gasteiger partial charge in [-0.3, -0.25) is 9.78 Å². The van der Waals surface area contributed by atoms with E-state index in [0.29, 0.717) is 5.91 Å². The van der Waals surface area contributed by atoms with Crippen molar-refractivity contribution in [1.29, 1.82) is 0 Å². The van der Waals surface area contributed by atoms with Crippen molar-refractivity contribution in [3.05, 3.63) is 36.4 Å². The molecule has 1 atom stereocenters. The largest absolute Gasteiger partial charge is 0.342 e. The molecular formula is C25H33N5O. The number of rotatable bonds is 4. The molecule has 0 aromatic carbocycles. The summed E-state index contributed by atoms with van der Waals surface area (Å²) in [6, 6.07) is 4.07. The van der Waals surface area contributed by atoms with Crippen LogP contribution < -0.4 is 4.90 Å². The number of likely N-dealkylation sites (tertiary alicyclic amines) is 1. The van der Waals surface area contributed by atoms with Gasteiger partial charge in [0.05, 0.1) is 5.69 Å². The Morgan fingerprint density at radius 3 is 2.45 bits per heavy atom. The second-order valence-electron chi connectivity index (χ2n) is 9.36. The average molecular weight is 420 g/mol. The highest BCUT2D eigenvalue weighted by molar-refractivity contribution is 5.79. The van der Waals surface area contributed by atoms with Crippen LogP contribution in [0.3, 0.4) is 0 Å². The average Bonchev–Trinajstić information content (AvgIpc) is 3.39. The van der Waals surface area contributed by atoms with Gasteiger partial charge in [0.15, 0.2) is 0 Å². The molecule has 6 heteroatoms. The first-order valence-corrected chi connectivity index (χ1v) is 12.1. The molecule has 2 aliphatic heterocycles. The van der Waals surface area contributed by atoms with Crippen molar-refractivity contribution in [3.8, 4) is 11.1 Å². The number of hydrogen-bond donors (Lipinski definition) is 0. The number of carbonyl (C=O) groups is 1. The first-order valence-electron chi connectivity index (χ1n) is 12.1. The van der Waals surface area contributed by atoms with Crippen molar-refractivity contribution in [3.63, 3.8) is 0 Å². The predicted octanol–water partition coefficient (Wildman–Crippen LogP) is 4.43. The van der Waals surface area contributed by atoms with E-state index in [2.05, 4.69) is 14.8 Å². The molecule has 0 bridgehead atoms. The summed E-state index contributed by atoms with van der Waals surface area (Å²) in [6.07, 6.45) is 16.0. The molecule has 5 rings (SSSR count). The zero-order valence-electron chi connectivity index (χ0n) is 18.4. The third-order valence-electron chi connectivity index (χ3n) is 7.26. The smallest absolute Gasteiger partial charge is 0.225 e. The maximum atomic E-state index is 13.2. The summed E-state index contributed by atoms with van der Waals surface area (Å²) in [5.74, 6) is 1.72. The molecule has 2 saturated heterocycles. The van der Waals surface area contributed by atoms with E-state index in [1.165, 1.54) is 32.1 Å². The van der Waals surface area contributed by atoms with Crippen LogP contribution in [-0.4, -0.2) is 51.9 Å². The molecule has 6 nitrogen and oxygen atoms in total. The first-order chi connectivity index (χ1) is 15.3. The number of aromatic nitrogens is 3. The molecule has 0 spiro atoms. The fourth-order valence-corrected chi connectivity index (χ4v) is 5.53. The lowest BCUT2D eigenvalue weighted by Gasteiger charge is -2.36. The zero-order valence-corrected chi connectivity index (χ0v) is 18.4. The standard InChI is InChI=1S/C25H33N5O/c31-24(20-7-2-1-3-8-20)30-16-6-9-21(18-30)23-22(19-10-12-26-13-11-19)17-27-25(28-23)29-14-4-5-15-29/h10-13,17,20-21H,1-9,14-16,18H2/t21-/m0/s1. The van der Waals surface area contributed by atoms with Gasteiger partial charge in [0.1, 0.15) is 0 Å². The highest BCUT2D eigenvalue weighted by Gasteiger charge is 2.32. The second-order valence-corrected chi connectivity index (χ2v) is 9.36. The molecule has 0 N–H and O–H groups in total. The first kappa shape index (κ1) is 20.4. The van der Waals surface area contributed by atoms with Crippen LogP contribution >= 0.6 is 0 Å². The van der Waals surface area contributed by atoms with E-state index in [-0.39, 0.29) is 11.8 Å². The Morgan fingerprint density at radius 2 is 1.68 bits per heavy atom. The molecular weight excluding hydrogens is 386 g/mol. The molecule has 31 heavy (non-hydrogen) atoms. The Morgan fingerprint density at radius 1 is 0.903 bits per heavy atom. The molecule has 1 saturated carbocycles. The Bertz CT molecular complexity index is 890. The minimum absolute atomic E-state index is 0.234.